The first kappa shape index (κ1) is 15.7. The molecule has 0 amide bonds. The Labute approximate surface area is 96.2 Å². The number of alkyl halides is 3. The third kappa shape index (κ3) is 11.8. The van der Waals surface area contributed by atoms with Crippen molar-refractivity contribution in [3.63, 3.8) is 0 Å². The van der Waals surface area contributed by atoms with Gasteiger partial charge in [0, 0.05) is 5.54 Å². The SMILES string of the molecule is CN(CCCCNC(C)(C)C)CC(F)(F)F. The lowest BCUT2D eigenvalue weighted by Crippen LogP contribution is -2.37. The standard InChI is InChI=1S/C11H23F3N2/c1-10(2,3)15-7-5-6-8-16(4)9-11(12,13)14/h15H,5-9H2,1-4H3. The minimum atomic E-state index is -4.08. The molecule has 0 aromatic heterocycles. The van der Waals surface area contributed by atoms with Crippen LogP contribution < -0.4 is 5.32 Å². The van der Waals surface area contributed by atoms with Gasteiger partial charge in [-0.2, -0.15) is 13.2 Å². The smallest absolute Gasteiger partial charge is 0.312 e. The van der Waals surface area contributed by atoms with Gasteiger partial charge < -0.3 is 5.32 Å². The maximum Gasteiger partial charge on any atom is 0.401 e. The van der Waals surface area contributed by atoms with Crippen LogP contribution in [0.25, 0.3) is 0 Å². The molecule has 0 spiro atoms. The zero-order valence-electron chi connectivity index (χ0n) is 10.6. The third-order valence-electron chi connectivity index (χ3n) is 2.07. The Kier molecular flexibility index (Phi) is 6.33. The molecule has 0 aromatic rings. The summed E-state index contributed by atoms with van der Waals surface area (Å²) in [5, 5.41) is 3.30. The fraction of sp³-hybridized carbons (Fsp3) is 1.00. The molecule has 2 nitrogen and oxygen atoms in total. The molecular formula is C11H23F3N2. The van der Waals surface area contributed by atoms with Gasteiger partial charge in [-0.05, 0) is 53.8 Å². The summed E-state index contributed by atoms with van der Waals surface area (Å²) < 4.78 is 36.0. The number of halogens is 3. The van der Waals surface area contributed by atoms with Crippen molar-refractivity contribution in [3.05, 3.63) is 0 Å². The molecule has 0 aromatic carbocycles. The van der Waals surface area contributed by atoms with Gasteiger partial charge in [0.05, 0.1) is 6.54 Å². The van der Waals surface area contributed by atoms with E-state index >= 15 is 0 Å². The minimum absolute atomic E-state index is 0.0812. The lowest BCUT2D eigenvalue weighted by molar-refractivity contribution is -0.143. The molecule has 0 heterocycles. The normalized spacial score (nSPS) is 13.5. The third-order valence-corrected chi connectivity index (χ3v) is 2.07. The second-order valence-corrected chi connectivity index (χ2v) is 5.24. The predicted octanol–water partition coefficient (Wildman–Crippen LogP) is 2.65. The topological polar surface area (TPSA) is 15.3 Å². The zero-order valence-corrected chi connectivity index (χ0v) is 10.6. The number of hydrogen-bond donors (Lipinski definition) is 1. The van der Waals surface area contributed by atoms with Crippen LogP contribution in [0.5, 0.6) is 0 Å². The van der Waals surface area contributed by atoms with E-state index in [1.807, 2.05) is 0 Å². The molecule has 0 aliphatic carbocycles. The van der Waals surface area contributed by atoms with E-state index in [4.69, 9.17) is 0 Å². The largest absolute Gasteiger partial charge is 0.401 e. The summed E-state index contributed by atoms with van der Waals surface area (Å²) >= 11 is 0. The minimum Gasteiger partial charge on any atom is -0.312 e. The number of rotatable bonds is 6. The van der Waals surface area contributed by atoms with E-state index in [1.165, 1.54) is 11.9 Å². The van der Waals surface area contributed by atoms with E-state index < -0.39 is 12.7 Å². The molecule has 5 heteroatoms. The Morgan fingerprint density at radius 2 is 1.62 bits per heavy atom. The van der Waals surface area contributed by atoms with E-state index in [0.29, 0.717) is 6.54 Å². The van der Waals surface area contributed by atoms with E-state index in [-0.39, 0.29) is 5.54 Å². The molecule has 0 saturated carbocycles. The van der Waals surface area contributed by atoms with Crippen molar-refractivity contribution in [2.75, 3.05) is 26.7 Å². The quantitative estimate of drug-likeness (QED) is 0.718. The molecule has 0 saturated heterocycles. The molecular weight excluding hydrogens is 217 g/mol. The first-order chi connectivity index (χ1) is 7.10. The maximum atomic E-state index is 12.0. The van der Waals surface area contributed by atoms with Crippen molar-refractivity contribution in [1.29, 1.82) is 0 Å². The highest BCUT2D eigenvalue weighted by atomic mass is 19.4. The van der Waals surface area contributed by atoms with Crippen molar-refractivity contribution in [2.24, 2.45) is 0 Å². The van der Waals surface area contributed by atoms with E-state index in [2.05, 4.69) is 26.1 Å². The first-order valence-electron chi connectivity index (χ1n) is 5.60. The molecule has 0 fully saturated rings. The highest BCUT2D eigenvalue weighted by Gasteiger charge is 2.28. The van der Waals surface area contributed by atoms with Gasteiger partial charge in [-0.1, -0.05) is 0 Å². The van der Waals surface area contributed by atoms with Crippen molar-refractivity contribution in [1.82, 2.24) is 10.2 Å². The van der Waals surface area contributed by atoms with Crippen LogP contribution in [0.2, 0.25) is 0 Å². The number of nitrogens with one attached hydrogen (secondary N) is 1. The van der Waals surface area contributed by atoms with Crippen molar-refractivity contribution in [2.45, 2.75) is 45.3 Å². The average molecular weight is 240 g/mol. The summed E-state index contributed by atoms with van der Waals surface area (Å²) in [6, 6.07) is 0. The monoisotopic (exact) mass is 240 g/mol. The van der Waals surface area contributed by atoms with Crippen molar-refractivity contribution >= 4 is 0 Å². The van der Waals surface area contributed by atoms with Crippen LogP contribution >= 0.6 is 0 Å². The predicted molar refractivity (Wildman–Crippen MR) is 60.5 cm³/mol. The Morgan fingerprint density at radius 3 is 2.06 bits per heavy atom. The summed E-state index contributed by atoms with van der Waals surface area (Å²) in [5.74, 6) is 0. The highest BCUT2D eigenvalue weighted by Crippen LogP contribution is 2.15. The van der Waals surface area contributed by atoms with Gasteiger partial charge in [-0.25, -0.2) is 0 Å². The highest BCUT2D eigenvalue weighted by molar-refractivity contribution is 4.69. The summed E-state index contributed by atoms with van der Waals surface area (Å²) in [4.78, 5) is 1.32. The number of unbranched alkanes of at least 4 members (excludes halogenated alkanes) is 1. The summed E-state index contributed by atoms with van der Waals surface area (Å²) in [6.45, 7) is 6.74. The van der Waals surface area contributed by atoms with E-state index in [9.17, 15) is 13.2 Å². The van der Waals surface area contributed by atoms with E-state index in [1.54, 1.807) is 0 Å². The van der Waals surface area contributed by atoms with Crippen LogP contribution in [0.1, 0.15) is 33.6 Å². The molecule has 0 atom stereocenters. The molecule has 0 bridgehead atoms. The molecule has 0 radical (unpaired) electrons. The number of hydrogen-bond acceptors (Lipinski definition) is 2. The van der Waals surface area contributed by atoms with Gasteiger partial charge >= 0.3 is 6.18 Å². The second kappa shape index (κ2) is 6.45. The van der Waals surface area contributed by atoms with Crippen LogP contribution in [0.15, 0.2) is 0 Å². The summed E-state index contributed by atoms with van der Waals surface area (Å²) in [5.41, 5.74) is 0.0812. The van der Waals surface area contributed by atoms with Crippen molar-refractivity contribution < 1.29 is 13.2 Å². The zero-order chi connectivity index (χ0) is 12.8. The Bertz CT molecular complexity index is 185. The van der Waals surface area contributed by atoms with Crippen LogP contribution in [0, 0.1) is 0 Å². The molecule has 98 valence electrons. The Morgan fingerprint density at radius 1 is 1.06 bits per heavy atom. The van der Waals surface area contributed by atoms with Gasteiger partial charge in [0.1, 0.15) is 0 Å². The lowest BCUT2D eigenvalue weighted by atomic mass is 10.1. The molecule has 1 N–H and O–H groups in total. The van der Waals surface area contributed by atoms with Gasteiger partial charge in [0.2, 0.25) is 0 Å². The summed E-state index contributed by atoms with van der Waals surface area (Å²) in [6.07, 6.45) is -2.40. The number of nitrogens with zero attached hydrogens (tertiary/aromatic N) is 1. The fourth-order valence-electron chi connectivity index (χ4n) is 1.36. The molecule has 0 aliphatic rings. The fourth-order valence-corrected chi connectivity index (χ4v) is 1.36. The van der Waals surface area contributed by atoms with E-state index in [0.717, 1.165) is 19.4 Å². The maximum absolute atomic E-state index is 12.0. The molecule has 16 heavy (non-hydrogen) atoms. The first-order valence-corrected chi connectivity index (χ1v) is 5.60. The second-order valence-electron chi connectivity index (χ2n) is 5.24. The Balaban J connectivity index is 3.45. The molecule has 0 aliphatic heterocycles. The molecule has 0 unspecified atom stereocenters. The lowest BCUT2D eigenvalue weighted by Gasteiger charge is -2.21. The van der Waals surface area contributed by atoms with Crippen LogP contribution in [0.3, 0.4) is 0 Å². The molecule has 0 rings (SSSR count). The van der Waals surface area contributed by atoms with Crippen molar-refractivity contribution in [3.8, 4) is 0 Å². The van der Waals surface area contributed by atoms with Gasteiger partial charge in [0.25, 0.3) is 0 Å². The van der Waals surface area contributed by atoms with Gasteiger partial charge in [0.15, 0.2) is 0 Å². The van der Waals surface area contributed by atoms with Gasteiger partial charge in [-0.3, -0.25) is 4.90 Å². The average Bonchev–Trinajstić information content (AvgIpc) is 1.97. The Hall–Kier alpha value is -0.290. The van der Waals surface area contributed by atoms with Gasteiger partial charge in [-0.15, -0.1) is 0 Å². The van der Waals surface area contributed by atoms with Crippen LogP contribution in [0.4, 0.5) is 13.2 Å². The van der Waals surface area contributed by atoms with Crippen LogP contribution in [-0.2, 0) is 0 Å². The summed E-state index contributed by atoms with van der Waals surface area (Å²) in [7, 11) is 1.50. The van der Waals surface area contributed by atoms with Crippen LogP contribution in [-0.4, -0.2) is 43.3 Å².